The predicted molar refractivity (Wildman–Crippen MR) is 3.60 cm³/mol. The second-order valence-corrected chi connectivity index (χ2v) is 0. The maximum absolute atomic E-state index is 8.06. The van der Waals surface area contributed by atoms with E-state index in [0.29, 0.717) is 0 Å². The van der Waals surface area contributed by atoms with Crippen LogP contribution in [0, 0.1) is 0 Å². The molecule has 0 rings (SSSR count). The van der Waals surface area contributed by atoms with E-state index in [-0.39, 0.29) is 74.1 Å². The summed E-state index contributed by atoms with van der Waals surface area (Å²) in [6, 6.07) is 0. The Bertz CT molecular complexity index is 27.2. The van der Waals surface area contributed by atoms with Crippen LogP contribution in [-0.4, -0.2) is 0 Å². The van der Waals surface area contributed by atoms with Crippen molar-refractivity contribution in [2.75, 3.05) is 0 Å². The van der Waals surface area contributed by atoms with Crippen molar-refractivity contribution in [2.24, 2.45) is 0 Å². The van der Waals surface area contributed by atoms with Gasteiger partial charge < -0.3 is 2.85 Å². The van der Waals surface area contributed by atoms with Gasteiger partial charge in [-0.1, -0.05) is 0 Å². The molecule has 2 nitrogen and oxygen atoms in total. The Morgan fingerprint density at radius 2 is 1.12 bits per heavy atom. The van der Waals surface area contributed by atoms with Crippen molar-refractivity contribution in [3.63, 3.8) is 0 Å². The summed E-state index contributed by atoms with van der Waals surface area (Å²) in [5, 5.41) is 0. The zero-order valence-electron chi connectivity index (χ0n) is 6.22. The average molecular weight is 275 g/mol. The first-order valence-corrected chi connectivity index (χ1v) is 1.20. The molecule has 0 unspecified atom stereocenters. The molecule has 0 aromatic carbocycles. The molecule has 0 aromatic heterocycles. The molecule has 0 atom stereocenters. The molecule has 0 aromatic rings. The van der Waals surface area contributed by atoms with Gasteiger partial charge in [-0.25, -0.2) is 0 Å². The molecule has 0 saturated carbocycles. The van der Waals surface area contributed by atoms with Gasteiger partial charge in [-0.15, -0.1) is 0 Å². The fourth-order valence-electron chi connectivity index (χ4n) is 0. The zero-order chi connectivity index (χ0) is 4.00. The van der Waals surface area contributed by atoms with Gasteiger partial charge in [0.2, 0.25) is 0 Å². The van der Waals surface area contributed by atoms with E-state index in [2.05, 4.69) is 15.7 Å². The van der Waals surface area contributed by atoms with Crippen LogP contribution >= 0.6 is 0 Å². The van der Waals surface area contributed by atoms with Gasteiger partial charge in [-0.3, -0.25) is 0 Å². The summed E-state index contributed by atoms with van der Waals surface area (Å²) in [6.07, 6.45) is 0. The molecular formula is H2CoLi2Mn2NiO2. The van der Waals surface area contributed by atoms with Crippen LogP contribution in [0.5, 0.6) is 0 Å². The SMILES string of the molecule is [H-].[H-].[Li+].[Li+].[Mn].[Ni].[O]=[Co].[O]=[Mn]. The fourth-order valence-corrected chi connectivity index (χ4v) is 0. The number of hydrogen-bond acceptors (Lipinski definition) is 2. The van der Waals surface area contributed by atoms with Gasteiger partial charge in [0.1, 0.15) is 0 Å². The quantitative estimate of drug-likeness (QED) is 0.413. The Morgan fingerprint density at radius 1 is 1.12 bits per heavy atom. The van der Waals surface area contributed by atoms with Crippen LogP contribution < -0.4 is 37.7 Å². The summed E-state index contributed by atoms with van der Waals surface area (Å²) >= 11 is 4.00. The summed E-state index contributed by atoms with van der Waals surface area (Å²) < 4.78 is 16.0. The van der Waals surface area contributed by atoms with Crippen molar-refractivity contribution in [2.45, 2.75) is 0 Å². The van der Waals surface area contributed by atoms with Gasteiger partial charge >= 0.3 is 77.0 Å². The molecule has 0 aliphatic rings. The first kappa shape index (κ1) is 44.8. The Morgan fingerprint density at radius 3 is 1.12 bits per heavy atom. The van der Waals surface area contributed by atoms with Crippen LogP contribution in [0.15, 0.2) is 0 Å². The minimum absolute atomic E-state index is 0. The molecule has 0 aliphatic carbocycles. The molecule has 49 valence electrons. The van der Waals surface area contributed by atoms with E-state index in [4.69, 9.17) is 7.70 Å². The van der Waals surface area contributed by atoms with Crippen molar-refractivity contribution >= 4 is 0 Å². The summed E-state index contributed by atoms with van der Waals surface area (Å²) in [5.41, 5.74) is 0. The number of hydrogen-bond donors (Lipinski definition) is 0. The molecule has 1 radical (unpaired) electrons. The molecule has 0 bridgehead atoms. The molecule has 0 saturated heterocycles. The zero-order valence-corrected chi connectivity index (χ0v) is 8.61. The molecule has 8 heteroatoms. The first-order chi connectivity index (χ1) is 2.00. The molecule has 0 amide bonds. The Labute approximate surface area is 112 Å². The van der Waals surface area contributed by atoms with Gasteiger partial charge in [-0.05, 0) is 0 Å². The van der Waals surface area contributed by atoms with Gasteiger partial charge in [0.05, 0.1) is 0 Å². The van der Waals surface area contributed by atoms with Gasteiger partial charge in [0.25, 0.3) is 0 Å². The monoisotopic (exact) mass is 275 g/mol. The van der Waals surface area contributed by atoms with Gasteiger partial charge in [0, 0.05) is 33.6 Å². The van der Waals surface area contributed by atoms with Crippen molar-refractivity contribution < 1.29 is 113 Å². The third-order valence-corrected chi connectivity index (χ3v) is 0. The van der Waals surface area contributed by atoms with Crippen LogP contribution in [0.3, 0.4) is 0 Å². The standard InChI is InChI=1S/Co.2Li.2Mn.Ni.2O.2H/q;2*+1;;;;;;2*-1. The normalized spacial score (nSPS) is 1.12. The second-order valence-electron chi connectivity index (χ2n) is 0. The molecule has 0 aliphatic heterocycles. The van der Waals surface area contributed by atoms with Crippen LogP contribution in [0.2, 0.25) is 0 Å². The molecule has 0 heterocycles. The topological polar surface area (TPSA) is 34.1 Å². The second kappa shape index (κ2) is 95.6. The third-order valence-electron chi connectivity index (χ3n) is 0. The van der Waals surface area contributed by atoms with Crippen LogP contribution in [0.1, 0.15) is 2.85 Å². The molecule has 0 N–H and O–H groups in total. The van der Waals surface area contributed by atoms with Crippen molar-refractivity contribution in [1.29, 1.82) is 0 Å². The summed E-state index contributed by atoms with van der Waals surface area (Å²) in [5.74, 6) is 0. The Balaban J connectivity index is -0.000000000833. The molecule has 8 heavy (non-hydrogen) atoms. The van der Waals surface area contributed by atoms with Gasteiger partial charge in [-0.2, -0.15) is 0 Å². The van der Waals surface area contributed by atoms with E-state index < -0.39 is 0 Å². The molecule has 0 fully saturated rings. The van der Waals surface area contributed by atoms with Crippen LogP contribution in [0.4, 0.5) is 0 Å². The first-order valence-electron chi connectivity index (χ1n) is 0.290. The van der Waals surface area contributed by atoms with E-state index in [1.54, 1.807) is 15.9 Å². The van der Waals surface area contributed by atoms with E-state index in [1.807, 2.05) is 0 Å². The van der Waals surface area contributed by atoms with Crippen molar-refractivity contribution in [3.8, 4) is 0 Å². The van der Waals surface area contributed by atoms with Crippen molar-refractivity contribution in [3.05, 3.63) is 0 Å². The third kappa shape index (κ3) is 67.5. The van der Waals surface area contributed by atoms with E-state index in [1.165, 1.54) is 0 Å². The summed E-state index contributed by atoms with van der Waals surface area (Å²) in [7, 11) is 0. The Kier molecular flexibility index (Phi) is 536. The van der Waals surface area contributed by atoms with Crippen molar-refractivity contribution in [1.82, 2.24) is 0 Å². The fraction of sp³-hybridized carbons (Fsp3) is 0. The van der Waals surface area contributed by atoms with E-state index in [9.17, 15) is 0 Å². The van der Waals surface area contributed by atoms with E-state index >= 15 is 0 Å². The number of rotatable bonds is 0. The van der Waals surface area contributed by atoms with Crippen LogP contribution in [-0.2, 0) is 72.9 Å². The maximum atomic E-state index is 8.06. The average Bonchev–Trinajstić information content (AvgIpc) is 1.50. The molecular weight excluding hydrogens is 273 g/mol. The summed E-state index contributed by atoms with van der Waals surface area (Å²) in [6.45, 7) is 0. The Hall–Kier alpha value is 2.83. The van der Waals surface area contributed by atoms with Crippen LogP contribution in [0.25, 0.3) is 0 Å². The van der Waals surface area contributed by atoms with Gasteiger partial charge in [0.15, 0.2) is 0 Å². The predicted octanol–water partition coefficient (Wildman–Crippen LogP) is -6.01. The summed E-state index contributed by atoms with van der Waals surface area (Å²) in [4.78, 5) is 0. The van der Waals surface area contributed by atoms with E-state index in [0.717, 1.165) is 0 Å². The molecule has 0 spiro atoms. The minimum atomic E-state index is 0.